The quantitative estimate of drug-likeness (QED) is 0.600. The maximum Gasteiger partial charge on any atom is 0.243 e. The van der Waals surface area contributed by atoms with Crippen molar-refractivity contribution in [1.29, 1.82) is 0 Å². The van der Waals surface area contributed by atoms with Crippen LogP contribution in [0.25, 0.3) is 10.9 Å². The van der Waals surface area contributed by atoms with Gasteiger partial charge in [-0.05, 0) is 42.6 Å². The molecule has 0 unspecified atom stereocenters. The molecule has 3 heterocycles. The van der Waals surface area contributed by atoms with Crippen LogP contribution in [-0.2, 0) is 16.6 Å². The average Bonchev–Trinajstić information content (AvgIpc) is 3.07. The smallest absolute Gasteiger partial charge is 0.243 e. The Morgan fingerprint density at radius 1 is 1.00 bits per heavy atom. The van der Waals surface area contributed by atoms with Crippen molar-refractivity contribution in [2.75, 3.05) is 38.0 Å². The minimum Gasteiger partial charge on any atom is -0.362 e. The van der Waals surface area contributed by atoms with Crippen LogP contribution in [0.1, 0.15) is 47.9 Å². The van der Waals surface area contributed by atoms with Crippen molar-refractivity contribution >= 4 is 32.5 Å². The van der Waals surface area contributed by atoms with Crippen molar-refractivity contribution in [2.45, 2.75) is 37.6 Å². The van der Waals surface area contributed by atoms with Gasteiger partial charge in [0.2, 0.25) is 10.0 Å². The summed E-state index contributed by atoms with van der Waals surface area (Å²) in [5, 5.41) is 3.89. The molecule has 2 aromatic carbocycles. The number of rotatable bonds is 5. The third kappa shape index (κ3) is 4.31. The Labute approximate surface area is 200 Å². The van der Waals surface area contributed by atoms with Crippen LogP contribution in [0.3, 0.4) is 0 Å². The molecule has 34 heavy (non-hydrogen) atoms. The molecule has 0 saturated carbocycles. The predicted octanol–water partition coefficient (Wildman–Crippen LogP) is 3.26. The molecule has 9 heteroatoms. The Hall–Kier alpha value is -2.88. The summed E-state index contributed by atoms with van der Waals surface area (Å²) in [6.45, 7) is 7.22. The van der Waals surface area contributed by atoms with Crippen molar-refractivity contribution < 1.29 is 13.2 Å². The molecule has 0 bridgehead atoms. The number of nitrogens with zero attached hydrogens (tertiary/aromatic N) is 4. The lowest BCUT2D eigenvalue weighted by Crippen LogP contribution is -2.35. The Morgan fingerprint density at radius 3 is 2.56 bits per heavy atom. The predicted molar refractivity (Wildman–Crippen MR) is 132 cm³/mol. The van der Waals surface area contributed by atoms with E-state index >= 15 is 0 Å². The monoisotopic (exact) mass is 479 g/mol. The highest BCUT2D eigenvalue weighted by molar-refractivity contribution is 7.89. The SMILES string of the molecule is CC(C)c1ccc(S(=O)(=O)N2CCCN(Cc3nc4c5c(cccc5n3)C(=O)CN4)CC2)cc1. The number of ketones is 1. The second-order valence-corrected chi connectivity index (χ2v) is 11.2. The van der Waals surface area contributed by atoms with E-state index in [1.54, 1.807) is 16.4 Å². The molecule has 1 aromatic heterocycles. The molecule has 2 aliphatic heterocycles. The summed E-state index contributed by atoms with van der Waals surface area (Å²) >= 11 is 0. The maximum absolute atomic E-state index is 13.2. The molecular weight excluding hydrogens is 450 g/mol. The van der Waals surface area contributed by atoms with Gasteiger partial charge in [-0.15, -0.1) is 0 Å². The van der Waals surface area contributed by atoms with Gasteiger partial charge in [0.05, 0.1) is 28.9 Å². The van der Waals surface area contributed by atoms with Gasteiger partial charge in [0, 0.05) is 25.2 Å². The molecule has 1 fully saturated rings. The van der Waals surface area contributed by atoms with Crippen LogP contribution in [0.2, 0.25) is 0 Å². The zero-order valence-corrected chi connectivity index (χ0v) is 20.3. The summed E-state index contributed by atoms with van der Waals surface area (Å²) < 4.78 is 28.0. The van der Waals surface area contributed by atoms with Crippen LogP contribution >= 0.6 is 0 Å². The van der Waals surface area contributed by atoms with Gasteiger partial charge in [-0.3, -0.25) is 9.69 Å². The van der Waals surface area contributed by atoms with Gasteiger partial charge in [-0.25, -0.2) is 18.4 Å². The first kappa shape index (κ1) is 22.9. The van der Waals surface area contributed by atoms with Crippen molar-refractivity contribution in [1.82, 2.24) is 19.2 Å². The zero-order valence-electron chi connectivity index (χ0n) is 19.5. The van der Waals surface area contributed by atoms with Crippen LogP contribution in [0.5, 0.6) is 0 Å². The van der Waals surface area contributed by atoms with E-state index in [2.05, 4.69) is 29.0 Å². The third-order valence-electron chi connectivity index (χ3n) is 6.58. The zero-order chi connectivity index (χ0) is 23.9. The number of Topliss-reactive ketones (excluding diaryl/α,β-unsaturated/α-hetero) is 1. The number of anilines is 1. The molecule has 178 valence electrons. The van der Waals surface area contributed by atoms with Gasteiger partial charge in [0.1, 0.15) is 11.6 Å². The second kappa shape index (κ2) is 9.05. The van der Waals surface area contributed by atoms with Gasteiger partial charge >= 0.3 is 0 Å². The largest absolute Gasteiger partial charge is 0.362 e. The molecule has 1 N–H and O–H groups in total. The maximum atomic E-state index is 13.2. The van der Waals surface area contributed by atoms with Crippen LogP contribution in [-0.4, -0.2) is 66.1 Å². The summed E-state index contributed by atoms with van der Waals surface area (Å²) in [7, 11) is -3.53. The summed E-state index contributed by atoms with van der Waals surface area (Å²) in [5.74, 6) is 1.76. The molecule has 0 radical (unpaired) electrons. The third-order valence-corrected chi connectivity index (χ3v) is 8.50. The Bertz CT molecular complexity index is 1340. The van der Waals surface area contributed by atoms with Crippen LogP contribution < -0.4 is 5.32 Å². The number of sulfonamides is 1. The van der Waals surface area contributed by atoms with E-state index in [9.17, 15) is 13.2 Å². The van der Waals surface area contributed by atoms with Gasteiger partial charge in [0.25, 0.3) is 0 Å². The van der Waals surface area contributed by atoms with E-state index in [1.165, 1.54) is 0 Å². The van der Waals surface area contributed by atoms with Gasteiger partial charge in [-0.2, -0.15) is 4.31 Å². The highest BCUT2D eigenvalue weighted by Gasteiger charge is 2.28. The molecule has 0 aliphatic carbocycles. The minimum atomic E-state index is -3.53. The van der Waals surface area contributed by atoms with Gasteiger partial charge < -0.3 is 5.32 Å². The van der Waals surface area contributed by atoms with E-state index in [0.29, 0.717) is 54.2 Å². The van der Waals surface area contributed by atoms with Crippen LogP contribution in [0.15, 0.2) is 47.4 Å². The highest BCUT2D eigenvalue weighted by atomic mass is 32.2. The fourth-order valence-corrected chi connectivity index (χ4v) is 6.11. The number of carbonyl (C=O) groups is 1. The molecular formula is C25H29N5O3S. The standard InChI is InChI=1S/C25H29N5O3S/c1-17(2)18-7-9-19(10-8-18)34(32,33)30-12-4-11-29(13-14-30)16-23-27-21-6-3-5-20-22(31)15-26-25(28-23)24(20)21/h3,5-10,17H,4,11-16H2,1-2H3,(H,26,27,28). The number of hydrogen-bond donors (Lipinski definition) is 1. The number of aromatic nitrogens is 2. The lowest BCUT2D eigenvalue weighted by Gasteiger charge is -2.22. The molecule has 1 saturated heterocycles. The molecule has 0 spiro atoms. The summed E-state index contributed by atoms with van der Waals surface area (Å²) in [6.07, 6.45) is 0.737. The number of nitrogens with one attached hydrogen (secondary N) is 1. The normalized spacial score (nSPS) is 17.7. The molecule has 2 aliphatic rings. The Kier molecular flexibility index (Phi) is 6.09. The highest BCUT2D eigenvalue weighted by Crippen LogP contribution is 2.28. The minimum absolute atomic E-state index is 0.0436. The van der Waals surface area contributed by atoms with Crippen LogP contribution in [0.4, 0.5) is 5.82 Å². The number of hydrogen-bond acceptors (Lipinski definition) is 7. The second-order valence-electron chi connectivity index (χ2n) is 9.22. The summed E-state index contributed by atoms with van der Waals surface area (Å²) in [6, 6.07) is 12.8. The Balaban J connectivity index is 1.31. The molecule has 0 atom stereocenters. The molecule has 5 rings (SSSR count). The van der Waals surface area contributed by atoms with E-state index < -0.39 is 10.0 Å². The van der Waals surface area contributed by atoms with Gasteiger partial charge in [-0.1, -0.05) is 38.1 Å². The van der Waals surface area contributed by atoms with E-state index in [4.69, 9.17) is 4.98 Å². The first-order valence-electron chi connectivity index (χ1n) is 11.7. The lowest BCUT2D eigenvalue weighted by molar-refractivity contribution is 0.101. The summed E-state index contributed by atoms with van der Waals surface area (Å²) in [4.78, 5) is 24.1. The molecule has 0 amide bonds. The van der Waals surface area contributed by atoms with E-state index in [-0.39, 0.29) is 12.3 Å². The number of carbonyl (C=O) groups excluding carboxylic acids is 1. The fourth-order valence-electron chi connectivity index (χ4n) is 4.64. The van der Waals surface area contributed by atoms with E-state index in [1.807, 2.05) is 30.3 Å². The van der Waals surface area contributed by atoms with Crippen molar-refractivity contribution in [3.63, 3.8) is 0 Å². The van der Waals surface area contributed by atoms with Crippen molar-refractivity contribution in [2.24, 2.45) is 0 Å². The van der Waals surface area contributed by atoms with Gasteiger partial charge in [0.15, 0.2) is 5.78 Å². The molecule has 8 nitrogen and oxygen atoms in total. The van der Waals surface area contributed by atoms with E-state index in [0.717, 1.165) is 29.4 Å². The lowest BCUT2D eigenvalue weighted by atomic mass is 10.0. The van der Waals surface area contributed by atoms with Crippen molar-refractivity contribution in [3.8, 4) is 0 Å². The number of benzene rings is 2. The summed E-state index contributed by atoms with van der Waals surface area (Å²) in [5.41, 5.74) is 2.54. The Morgan fingerprint density at radius 2 is 1.79 bits per heavy atom. The van der Waals surface area contributed by atoms with Crippen molar-refractivity contribution in [3.05, 3.63) is 59.4 Å². The first-order valence-corrected chi connectivity index (χ1v) is 13.2. The first-order chi connectivity index (χ1) is 16.3. The molecule has 3 aromatic rings. The topological polar surface area (TPSA) is 95.5 Å². The van der Waals surface area contributed by atoms with Crippen LogP contribution in [0, 0.1) is 0 Å². The fraction of sp³-hybridized carbons (Fsp3) is 0.400. The average molecular weight is 480 g/mol.